The van der Waals surface area contributed by atoms with Gasteiger partial charge in [0.1, 0.15) is 0 Å². The summed E-state index contributed by atoms with van der Waals surface area (Å²) in [6, 6.07) is 21.8. The zero-order valence-corrected chi connectivity index (χ0v) is 17.6. The van der Waals surface area contributed by atoms with E-state index in [2.05, 4.69) is 64.4 Å². The van der Waals surface area contributed by atoms with Crippen molar-refractivity contribution < 1.29 is 14.7 Å². The molecular formula is C24H26N2O3S. The lowest BCUT2D eigenvalue weighted by Crippen LogP contribution is -2.35. The minimum atomic E-state index is -1.34. The number of benzene rings is 2. The smallest absolute Gasteiger partial charge is 0.372 e. The van der Waals surface area contributed by atoms with Crippen molar-refractivity contribution in [2.45, 2.75) is 38.0 Å². The fourth-order valence-corrected chi connectivity index (χ4v) is 5.75. The predicted octanol–water partition coefficient (Wildman–Crippen LogP) is 3.76. The molecule has 0 amide bonds. The maximum atomic E-state index is 11.5. The van der Waals surface area contributed by atoms with E-state index in [-0.39, 0.29) is 6.42 Å². The van der Waals surface area contributed by atoms with Gasteiger partial charge in [0, 0.05) is 31.3 Å². The van der Waals surface area contributed by atoms with Crippen LogP contribution in [-0.2, 0) is 22.7 Å². The molecule has 2 aromatic carbocycles. The Kier molecular flexibility index (Phi) is 6.67. The van der Waals surface area contributed by atoms with Crippen molar-refractivity contribution in [1.82, 2.24) is 9.80 Å². The minimum absolute atomic E-state index is 0.0587. The molecule has 0 radical (unpaired) electrons. The largest absolute Gasteiger partial charge is 0.476 e. The van der Waals surface area contributed by atoms with Crippen LogP contribution in [0.2, 0.25) is 0 Å². The van der Waals surface area contributed by atoms with Crippen LogP contribution < -0.4 is 0 Å². The number of carboxylic acids is 1. The molecule has 0 bridgehead atoms. The Hall–Kier alpha value is -2.41. The molecular weight excluding hydrogens is 396 g/mol. The van der Waals surface area contributed by atoms with Gasteiger partial charge in [-0.05, 0) is 22.5 Å². The average Bonchev–Trinajstić information content (AvgIpc) is 3.31. The lowest BCUT2D eigenvalue weighted by atomic mass is 10.1. The third-order valence-corrected chi connectivity index (χ3v) is 6.96. The molecule has 4 rings (SSSR count). The van der Waals surface area contributed by atoms with Gasteiger partial charge in [0.2, 0.25) is 5.78 Å². The number of Topliss-reactive ketones (excluding diaryl/α,β-unsaturated/α-hetero) is 1. The number of fused-ring (bicyclic) bond motifs is 1. The van der Waals surface area contributed by atoms with Gasteiger partial charge in [0.15, 0.2) is 0 Å². The standard InChI is InChI=1S/C24H26N2O3S/c27-21(24(28)29)12-7-13-22-23-20(16-30-22)25(14-18-8-3-1-4-9-18)17-26(23)15-19-10-5-2-6-11-19/h1-6,8-11,13,20,23H,7,12,14-17H2,(H,28,29). The van der Waals surface area contributed by atoms with Crippen LogP contribution in [0.4, 0.5) is 0 Å². The lowest BCUT2D eigenvalue weighted by Gasteiger charge is -2.23. The second-order valence-electron chi connectivity index (χ2n) is 7.80. The SMILES string of the molecule is O=C(O)C(=O)CCC=C1SCC2C1N(Cc1ccccc1)CN2Cc1ccccc1. The molecule has 0 saturated carbocycles. The first kappa shape index (κ1) is 20.8. The van der Waals surface area contributed by atoms with Crippen molar-refractivity contribution >= 4 is 23.5 Å². The van der Waals surface area contributed by atoms with E-state index in [0.29, 0.717) is 18.5 Å². The van der Waals surface area contributed by atoms with Crippen molar-refractivity contribution in [3.8, 4) is 0 Å². The summed E-state index contributed by atoms with van der Waals surface area (Å²) in [7, 11) is 0. The number of aliphatic carboxylic acids is 1. The van der Waals surface area contributed by atoms with Crippen LogP contribution in [0, 0.1) is 0 Å². The first-order valence-electron chi connectivity index (χ1n) is 10.3. The number of thioether (sulfide) groups is 1. The van der Waals surface area contributed by atoms with Crippen molar-refractivity contribution in [1.29, 1.82) is 0 Å². The topological polar surface area (TPSA) is 60.9 Å². The Morgan fingerprint density at radius 3 is 2.17 bits per heavy atom. The van der Waals surface area contributed by atoms with Gasteiger partial charge in [-0.3, -0.25) is 14.6 Å². The molecule has 0 spiro atoms. The van der Waals surface area contributed by atoms with Crippen molar-refractivity contribution in [2.24, 2.45) is 0 Å². The number of carbonyl (C=O) groups is 2. The number of rotatable bonds is 8. The third kappa shape index (κ3) is 4.83. The number of ketones is 1. The van der Waals surface area contributed by atoms with Gasteiger partial charge in [-0.25, -0.2) is 4.79 Å². The Morgan fingerprint density at radius 2 is 1.57 bits per heavy atom. The zero-order valence-electron chi connectivity index (χ0n) is 16.8. The lowest BCUT2D eigenvalue weighted by molar-refractivity contribution is -0.149. The fourth-order valence-electron chi connectivity index (χ4n) is 4.29. The van der Waals surface area contributed by atoms with Gasteiger partial charge in [0.25, 0.3) is 0 Å². The number of hydrogen-bond donors (Lipinski definition) is 1. The summed E-state index contributed by atoms with van der Waals surface area (Å²) in [4.78, 5) is 28.6. The number of allylic oxidation sites excluding steroid dienone is 1. The highest BCUT2D eigenvalue weighted by Gasteiger charge is 2.45. The van der Waals surface area contributed by atoms with E-state index in [0.717, 1.165) is 25.5 Å². The number of carboxylic acid groups (broad SMARTS) is 1. The van der Waals surface area contributed by atoms with Gasteiger partial charge in [-0.1, -0.05) is 66.7 Å². The van der Waals surface area contributed by atoms with E-state index >= 15 is 0 Å². The molecule has 2 saturated heterocycles. The van der Waals surface area contributed by atoms with E-state index in [1.54, 1.807) is 0 Å². The minimum Gasteiger partial charge on any atom is -0.476 e. The van der Waals surface area contributed by atoms with Crippen LogP contribution in [0.25, 0.3) is 0 Å². The number of nitrogens with zero attached hydrogens (tertiary/aromatic N) is 2. The zero-order chi connectivity index (χ0) is 20.9. The summed E-state index contributed by atoms with van der Waals surface area (Å²) in [6.45, 7) is 2.68. The number of carbonyl (C=O) groups excluding carboxylic acids is 1. The van der Waals surface area contributed by atoms with Crippen LogP contribution in [-0.4, -0.2) is 51.2 Å². The van der Waals surface area contributed by atoms with Gasteiger partial charge in [-0.2, -0.15) is 0 Å². The van der Waals surface area contributed by atoms with Gasteiger partial charge in [-0.15, -0.1) is 11.8 Å². The normalized spacial score (nSPS) is 23.0. The van der Waals surface area contributed by atoms with Crippen molar-refractivity contribution in [3.63, 3.8) is 0 Å². The molecule has 2 aliphatic rings. The molecule has 30 heavy (non-hydrogen) atoms. The summed E-state index contributed by atoms with van der Waals surface area (Å²) < 4.78 is 0. The molecule has 2 atom stereocenters. The quantitative estimate of drug-likeness (QED) is 0.654. The molecule has 2 fully saturated rings. The van der Waals surface area contributed by atoms with Crippen molar-refractivity contribution in [3.05, 3.63) is 82.8 Å². The summed E-state index contributed by atoms with van der Waals surface area (Å²) >= 11 is 1.84. The summed E-state index contributed by atoms with van der Waals surface area (Å²) in [5.41, 5.74) is 2.60. The maximum absolute atomic E-state index is 11.5. The summed E-state index contributed by atoms with van der Waals surface area (Å²) in [6.07, 6.45) is 2.62. The van der Waals surface area contributed by atoms with Gasteiger partial charge < -0.3 is 5.11 Å². The second-order valence-corrected chi connectivity index (χ2v) is 8.90. The molecule has 156 valence electrons. The molecule has 1 N–H and O–H groups in total. The van der Waals surface area contributed by atoms with Crippen molar-refractivity contribution in [2.75, 3.05) is 12.4 Å². The Morgan fingerprint density at radius 1 is 0.967 bits per heavy atom. The molecule has 0 aliphatic carbocycles. The Balaban J connectivity index is 1.51. The maximum Gasteiger partial charge on any atom is 0.372 e. The Labute approximate surface area is 181 Å². The molecule has 2 aliphatic heterocycles. The highest BCUT2D eigenvalue weighted by molar-refractivity contribution is 8.03. The van der Waals surface area contributed by atoms with Gasteiger partial charge >= 0.3 is 5.97 Å². The first-order chi connectivity index (χ1) is 14.6. The van der Waals surface area contributed by atoms with E-state index in [9.17, 15) is 9.59 Å². The van der Waals surface area contributed by atoms with Crippen LogP contribution in [0.1, 0.15) is 24.0 Å². The van der Waals surface area contributed by atoms with Crippen LogP contribution >= 0.6 is 11.8 Å². The second kappa shape index (κ2) is 9.60. The van der Waals surface area contributed by atoms with Crippen LogP contribution in [0.3, 0.4) is 0 Å². The molecule has 5 nitrogen and oxygen atoms in total. The molecule has 2 aromatic rings. The number of hydrogen-bond acceptors (Lipinski definition) is 5. The van der Waals surface area contributed by atoms with E-state index in [1.165, 1.54) is 16.0 Å². The van der Waals surface area contributed by atoms with Crippen LogP contribution in [0.15, 0.2) is 71.6 Å². The van der Waals surface area contributed by atoms with Gasteiger partial charge in [0.05, 0.1) is 12.7 Å². The highest BCUT2D eigenvalue weighted by Crippen LogP contribution is 2.42. The fraction of sp³-hybridized carbons (Fsp3) is 0.333. The molecule has 2 heterocycles. The molecule has 2 unspecified atom stereocenters. The average molecular weight is 423 g/mol. The Bertz CT molecular complexity index is 917. The molecule has 0 aromatic heterocycles. The van der Waals surface area contributed by atoms with E-state index in [1.807, 2.05) is 23.9 Å². The summed E-state index contributed by atoms with van der Waals surface area (Å²) in [5, 5.41) is 8.81. The van der Waals surface area contributed by atoms with E-state index in [4.69, 9.17) is 5.11 Å². The third-order valence-electron chi connectivity index (χ3n) is 5.71. The monoisotopic (exact) mass is 422 g/mol. The molecule has 6 heteroatoms. The highest BCUT2D eigenvalue weighted by atomic mass is 32.2. The first-order valence-corrected chi connectivity index (χ1v) is 11.3. The van der Waals surface area contributed by atoms with E-state index < -0.39 is 11.8 Å². The van der Waals surface area contributed by atoms with Crippen LogP contribution in [0.5, 0.6) is 0 Å². The summed E-state index contributed by atoms with van der Waals surface area (Å²) in [5.74, 6) is -1.04. The predicted molar refractivity (Wildman–Crippen MR) is 119 cm³/mol.